The lowest BCUT2D eigenvalue weighted by Gasteiger charge is -1.94. The molecule has 0 bridgehead atoms. The van der Waals surface area contributed by atoms with E-state index in [9.17, 15) is 0 Å². The van der Waals surface area contributed by atoms with Crippen molar-refractivity contribution in [2.24, 2.45) is 0 Å². The Labute approximate surface area is 128 Å². The van der Waals surface area contributed by atoms with Gasteiger partial charge in [0.15, 0.2) is 0 Å². The summed E-state index contributed by atoms with van der Waals surface area (Å²) < 4.78 is 0. The van der Waals surface area contributed by atoms with E-state index in [0.29, 0.717) is 0 Å². The molecular formula is C20H36. The second-order valence-corrected chi connectivity index (χ2v) is 5.57. The van der Waals surface area contributed by atoms with Crippen molar-refractivity contribution in [3.63, 3.8) is 0 Å². The van der Waals surface area contributed by atoms with Gasteiger partial charge in [-0.2, -0.15) is 0 Å². The predicted molar refractivity (Wildman–Crippen MR) is 94.2 cm³/mol. The Morgan fingerprint density at radius 3 is 1.35 bits per heavy atom. The van der Waals surface area contributed by atoms with Crippen LogP contribution in [0, 0.1) is 0 Å². The topological polar surface area (TPSA) is 0 Å². The third-order valence-electron chi connectivity index (χ3n) is 3.46. The molecule has 0 saturated carbocycles. The Bertz CT molecular complexity index is 245. The highest BCUT2D eigenvalue weighted by Crippen LogP contribution is 2.04. The molecule has 0 fully saturated rings. The third-order valence-corrected chi connectivity index (χ3v) is 3.46. The number of allylic oxidation sites excluding steroid dienone is 6. The molecule has 0 unspecified atom stereocenters. The van der Waals surface area contributed by atoms with Crippen LogP contribution in [0.25, 0.3) is 0 Å². The van der Waals surface area contributed by atoms with Crippen LogP contribution in [0.2, 0.25) is 0 Å². The Balaban J connectivity index is 3.21. The number of hydrogen-bond donors (Lipinski definition) is 0. The molecule has 0 aliphatic carbocycles. The maximum atomic E-state index is 2.36. The molecule has 0 aromatic carbocycles. The van der Waals surface area contributed by atoms with E-state index < -0.39 is 0 Å². The summed E-state index contributed by atoms with van der Waals surface area (Å²) in [4.78, 5) is 0. The fraction of sp³-hybridized carbons (Fsp3) is 0.700. The van der Waals surface area contributed by atoms with E-state index in [1.807, 2.05) is 0 Å². The van der Waals surface area contributed by atoms with Crippen molar-refractivity contribution < 1.29 is 0 Å². The Hall–Kier alpha value is -0.780. The van der Waals surface area contributed by atoms with Gasteiger partial charge in [0.1, 0.15) is 0 Å². The number of hydrogen-bond acceptors (Lipinski definition) is 0. The molecule has 20 heavy (non-hydrogen) atoms. The summed E-state index contributed by atoms with van der Waals surface area (Å²) >= 11 is 0. The molecule has 0 N–H and O–H groups in total. The molecule has 0 aromatic rings. The Morgan fingerprint density at radius 1 is 0.450 bits per heavy atom. The molecule has 0 saturated heterocycles. The zero-order valence-corrected chi connectivity index (χ0v) is 13.9. The molecule has 0 heterocycles. The van der Waals surface area contributed by atoms with Crippen LogP contribution >= 0.6 is 0 Å². The van der Waals surface area contributed by atoms with E-state index in [0.717, 1.165) is 6.42 Å². The summed E-state index contributed by atoms with van der Waals surface area (Å²) in [5, 5.41) is 0. The van der Waals surface area contributed by atoms with Gasteiger partial charge in [-0.3, -0.25) is 0 Å². The lowest BCUT2D eigenvalue weighted by atomic mass is 10.1. The number of unbranched alkanes of at least 4 members (excludes halogenated alkanes) is 8. The van der Waals surface area contributed by atoms with E-state index in [4.69, 9.17) is 0 Å². The van der Waals surface area contributed by atoms with Crippen LogP contribution in [0.5, 0.6) is 0 Å². The van der Waals surface area contributed by atoms with Crippen LogP contribution in [0.3, 0.4) is 0 Å². The van der Waals surface area contributed by atoms with Gasteiger partial charge in [-0.1, -0.05) is 76.0 Å². The Kier molecular flexibility index (Phi) is 17.5. The normalized spacial score (nSPS) is 12.3. The molecule has 0 amide bonds. The van der Waals surface area contributed by atoms with E-state index in [-0.39, 0.29) is 0 Å². The van der Waals surface area contributed by atoms with Crippen molar-refractivity contribution in [1.29, 1.82) is 0 Å². The van der Waals surface area contributed by atoms with Gasteiger partial charge in [0.2, 0.25) is 0 Å². The van der Waals surface area contributed by atoms with Gasteiger partial charge in [-0.25, -0.2) is 0 Å². The minimum Gasteiger partial charge on any atom is -0.0885 e. The zero-order chi connectivity index (χ0) is 14.7. The van der Waals surface area contributed by atoms with E-state index in [1.165, 1.54) is 70.6 Å². The first-order valence-electron chi connectivity index (χ1n) is 8.86. The fourth-order valence-corrected chi connectivity index (χ4v) is 2.10. The fourth-order valence-electron chi connectivity index (χ4n) is 2.10. The SMILES string of the molecule is CCCC/C=C\CCCC/C=C\C/C=C\CCCCC. The maximum Gasteiger partial charge on any atom is -0.0169 e. The van der Waals surface area contributed by atoms with Gasteiger partial charge in [-0.05, 0) is 51.4 Å². The molecule has 0 aliphatic rings. The van der Waals surface area contributed by atoms with Crippen LogP contribution in [-0.2, 0) is 0 Å². The van der Waals surface area contributed by atoms with Crippen molar-refractivity contribution >= 4 is 0 Å². The molecule has 0 atom stereocenters. The van der Waals surface area contributed by atoms with E-state index in [2.05, 4.69) is 50.3 Å². The van der Waals surface area contributed by atoms with Gasteiger partial charge < -0.3 is 0 Å². The molecule has 0 aromatic heterocycles. The van der Waals surface area contributed by atoms with Crippen LogP contribution in [0.15, 0.2) is 36.5 Å². The van der Waals surface area contributed by atoms with Crippen LogP contribution in [-0.4, -0.2) is 0 Å². The maximum absolute atomic E-state index is 2.36. The summed E-state index contributed by atoms with van der Waals surface area (Å²) in [7, 11) is 0. The van der Waals surface area contributed by atoms with Crippen molar-refractivity contribution in [2.75, 3.05) is 0 Å². The summed E-state index contributed by atoms with van der Waals surface area (Å²) in [6, 6.07) is 0. The quantitative estimate of drug-likeness (QED) is 0.229. The van der Waals surface area contributed by atoms with Crippen molar-refractivity contribution in [3.8, 4) is 0 Å². The van der Waals surface area contributed by atoms with Crippen LogP contribution in [0.1, 0.15) is 90.9 Å². The summed E-state index contributed by atoms with van der Waals surface area (Å²) in [6.45, 7) is 4.51. The molecule has 0 spiro atoms. The van der Waals surface area contributed by atoms with Gasteiger partial charge in [0.05, 0.1) is 0 Å². The molecule has 0 radical (unpaired) electrons. The first-order chi connectivity index (χ1) is 9.91. The Morgan fingerprint density at radius 2 is 0.850 bits per heavy atom. The lowest BCUT2D eigenvalue weighted by Crippen LogP contribution is -1.73. The molecule has 0 rings (SSSR count). The highest BCUT2D eigenvalue weighted by molar-refractivity contribution is 4.92. The van der Waals surface area contributed by atoms with Gasteiger partial charge in [-0.15, -0.1) is 0 Å². The average molecular weight is 277 g/mol. The predicted octanol–water partition coefficient (Wildman–Crippen LogP) is 7.38. The van der Waals surface area contributed by atoms with Crippen LogP contribution < -0.4 is 0 Å². The molecule has 0 aliphatic heterocycles. The minimum atomic E-state index is 1.11. The lowest BCUT2D eigenvalue weighted by molar-refractivity contribution is 0.728. The highest BCUT2D eigenvalue weighted by atomic mass is 13.9. The van der Waals surface area contributed by atoms with E-state index >= 15 is 0 Å². The monoisotopic (exact) mass is 276 g/mol. The van der Waals surface area contributed by atoms with Crippen molar-refractivity contribution in [1.82, 2.24) is 0 Å². The smallest absolute Gasteiger partial charge is 0.0169 e. The zero-order valence-electron chi connectivity index (χ0n) is 13.9. The first kappa shape index (κ1) is 19.2. The minimum absolute atomic E-state index is 1.11. The largest absolute Gasteiger partial charge is 0.0885 e. The van der Waals surface area contributed by atoms with Gasteiger partial charge in [0, 0.05) is 0 Å². The molecule has 116 valence electrons. The number of rotatable bonds is 14. The first-order valence-corrected chi connectivity index (χ1v) is 8.86. The van der Waals surface area contributed by atoms with Crippen molar-refractivity contribution in [3.05, 3.63) is 36.5 Å². The second-order valence-electron chi connectivity index (χ2n) is 5.57. The molecule has 0 heteroatoms. The summed E-state index contributed by atoms with van der Waals surface area (Å²) in [5.41, 5.74) is 0. The second kappa shape index (κ2) is 18.2. The standard InChI is InChI=1S/C20H36/c1-3-5-7-9-11-13-15-17-19-20-18-16-14-12-10-8-6-4-2/h9,11-12,14,18,20H,3-8,10,13,15-17,19H2,1-2H3/b11-9-,14-12-,20-18-. The summed E-state index contributed by atoms with van der Waals surface area (Å²) in [5.74, 6) is 0. The summed E-state index contributed by atoms with van der Waals surface area (Å²) in [6.07, 6.45) is 29.5. The van der Waals surface area contributed by atoms with E-state index in [1.54, 1.807) is 0 Å². The molecule has 0 nitrogen and oxygen atoms in total. The van der Waals surface area contributed by atoms with Crippen LogP contribution in [0.4, 0.5) is 0 Å². The highest BCUT2D eigenvalue weighted by Gasteiger charge is 1.84. The third kappa shape index (κ3) is 17.2. The van der Waals surface area contributed by atoms with Crippen molar-refractivity contribution in [2.45, 2.75) is 90.9 Å². The average Bonchev–Trinajstić information content (AvgIpc) is 2.47. The van der Waals surface area contributed by atoms with Gasteiger partial charge >= 0.3 is 0 Å². The molecular weight excluding hydrogens is 240 g/mol. The van der Waals surface area contributed by atoms with Gasteiger partial charge in [0.25, 0.3) is 0 Å².